The second kappa shape index (κ2) is 6.79. The van der Waals surface area contributed by atoms with Gasteiger partial charge in [-0.05, 0) is 54.7 Å². The van der Waals surface area contributed by atoms with Crippen LogP contribution in [0.4, 0.5) is 5.69 Å². The largest absolute Gasteiger partial charge is 0.369 e. The molecule has 1 aromatic heterocycles. The standard InChI is InChI=1S/C27H30N4O/c1-16-12-20-21(14-23(16)31-10-8-30(9-11-31)18-5-6-18)27(2,3)26-24(25(20)32)19-7-4-17(15-28)13-22(19)29-26/h4,7,12-15,18,28-29H,5-6,8-11H2,1-3H3. The summed E-state index contributed by atoms with van der Waals surface area (Å²) >= 11 is 0. The zero-order valence-electron chi connectivity index (χ0n) is 19.1. The molecule has 1 saturated carbocycles. The number of H-pyrrole nitrogens is 1. The molecule has 5 nitrogen and oxygen atoms in total. The number of nitrogens with one attached hydrogen (secondary N) is 2. The highest BCUT2D eigenvalue weighted by molar-refractivity contribution is 6.20. The van der Waals surface area contributed by atoms with Crippen LogP contribution in [0.2, 0.25) is 0 Å². The fourth-order valence-electron chi connectivity index (χ4n) is 5.79. The van der Waals surface area contributed by atoms with E-state index in [1.165, 1.54) is 30.3 Å². The average Bonchev–Trinajstić information content (AvgIpc) is 3.57. The molecule has 0 spiro atoms. The number of anilines is 1. The average molecular weight is 427 g/mol. The van der Waals surface area contributed by atoms with E-state index in [2.05, 4.69) is 47.7 Å². The van der Waals surface area contributed by atoms with Gasteiger partial charge in [-0.15, -0.1) is 0 Å². The Morgan fingerprint density at radius 3 is 2.53 bits per heavy atom. The summed E-state index contributed by atoms with van der Waals surface area (Å²) in [5.41, 5.74) is 7.63. The van der Waals surface area contributed by atoms with Gasteiger partial charge in [-0.1, -0.05) is 26.0 Å². The number of aromatic nitrogens is 1. The molecule has 2 aliphatic carbocycles. The van der Waals surface area contributed by atoms with Crippen molar-refractivity contribution in [2.24, 2.45) is 0 Å². The van der Waals surface area contributed by atoms with Crippen LogP contribution in [-0.4, -0.2) is 54.1 Å². The third-order valence-electron chi connectivity index (χ3n) is 7.81. The number of ketones is 1. The lowest BCUT2D eigenvalue weighted by atomic mass is 9.70. The van der Waals surface area contributed by atoms with Gasteiger partial charge in [0.05, 0.1) is 5.56 Å². The minimum Gasteiger partial charge on any atom is -0.369 e. The van der Waals surface area contributed by atoms with E-state index < -0.39 is 0 Å². The van der Waals surface area contributed by atoms with Crippen LogP contribution in [0.1, 0.15) is 65.0 Å². The van der Waals surface area contributed by atoms with Gasteiger partial charge >= 0.3 is 0 Å². The lowest BCUT2D eigenvalue weighted by Crippen LogP contribution is -2.47. The number of piperazine rings is 1. The predicted molar refractivity (Wildman–Crippen MR) is 130 cm³/mol. The number of carbonyl (C=O) groups excluding carboxylic acids is 1. The predicted octanol–water partition coefficient (Wildman–Crippen LogP) is 4.63. The van der Waals surface area contributed by atoms with E-state index in [9.17, 15) is 4.79 Å². The van der Waals surface area contributed by atoms with E-state index in [0.29, 0.717) is 0 Å². The van der Waals surface area contributed by atoms with E-state index >= 15 is 0 Å². The van der Waals surface area contributed by atoms with Gasteiger partial charge in [0.15, 0.2) is 5.78 Å². The third kappa shape index (κ3) is 2.80. The maximum atomic E-state index is 13.7. The Bertz CT molecular complexity index is 1270. The van der Waals surface area contributed by atoms with Crippen LogP contribution in [0.15, 0.2) is 30.3 Å². The van der Waals surface area contributed by atoms with Crippen LogP contribution in [0, 0.1) is 12.3 Å². The highest BCUT2D eigenvalue weighted by atomic mass is 16.1. The topological polar surface area (TPSA) is 63.2 Å². The first kappa shape index (κ1) is 19.7. The lowest BCUT2D eigenvalue weighted by Gasteiger charge is -2.39. The van der Waals surface area contributed by atoms with Gasteiger partial charge in [-0.3, -0.25) is 9.69 Å². The van der Waals surface area contributed by atoms with Crippen LogP contribution in [-0.2, 0) is 5.41 Å². The number of hydrogen-bond donors (Lipinski definition) is 2. The summed E-state index contributed by atoms with van der Waals surface area (Å²) in [5.74, 6) is 0.108. The van der Waals surface area contributed by atoms with Crippen molar-refractivity contribution in [2.45, 2.75) is 45.1 Å². The maximum Gasteiger partial charge on any atom is 0.195 e. The van der Waals surface area contributed by atoms with E-state index in [0.717, 1.165) is 71.1 Å². The number of hydrogen-bond acceptors (Lipinski definition) is 4. The molecular weight excluding hydrogens is 396 g/mol. The van der Waals surface area contributed by atoms with Crippen molar-refractivity contribution in [2.75, 3.05) is 31.1 Å². The van der Waals surface area contributed by atoms with Gasteiger partial charge in [-0.25, -0.2) is 0 Å². The van der Waals surface area contributed by atoms with Gasteiger partial charge in [0.25, 0.3) is 0 Å². The zero-order valence-corrected chi connectivity index (χ0v) is 19.1. The Morgan fingerprint density at radius 1 is 1.09 bits per heavy atom. The smallest absolute Gasteiger partial charge is 0.195 e. The number of benzene rings is 2. The van der Waals surface area contributed by atoms with E-state index in [4.69, 9.17) is 5.41 Å². The van der Waals surface area contributed by atoms with Crippen LogP contribution >= 0.6 is 0 Å². The van der Waals surface area contributed by atoms with Crippen molar-refractivity contribution in [3.63, 3.8) is 0 Å². The number of aromatic amines is 1. The molecule has 1 saturated heterocycles. The normalized spacial score (nSPS) is 20.3. The molecule has 6 rings (SSSR count). The maximum absolute atomic E-state index is 13.7. The number of fused-ring (bicyclic) bond motifs is 4. The van der Waals surface area contributed by atoms with Crippen molar-refractivity contribution in [1.29, 1.82) is 5.41 Å². The van der Waals surface area contributed by atoms with Crippen molar-refractivity contribution in [3.05, 3.63) is 63.8 Å². The van der Waals surface area contributed by atoms with Gasteiger partial charge in [0.2, 0.25) is 0 Å². The Morgan fingerprint density at radius 2 is 1.84 bits per heavy atom. The molecule has 2 fully saturated rings. The van der Waals surface area contributed by atoms with Gasteiger partial charge in [-0.2, -0.15) is 0 Å². The van der Waals surface area contributed by atoms with E-state index in [1.807, 2.05) is 18.2 Å². The zero-order chi connectivity index (χ0) is 22.2. The highest BCUT2D eigenvalue weighted by Crippen LogP contribution is 2.45. The number of aryl methyl sites for hydroxylation is 1. The molecule has 164 valence electrons. The molecule has 2 N–H and O–H groups in total. The molecule has 2 heterocycles. The molecule has 3 aliphatic rings. The molecule has 0 unspecified atom stereocenters. The second-order valence-electron chi connectivity index (χ2n) is 10.2. The fraction of sp³-hybridized carbons (Fsp3) is 0.407. The summed E-state index contributed by atoms with van der Waals surface area (Å²) in [6.07, 6.45) is 4.07. The Kier molecular flexibility index (Phi) is 4.19. The van der Waals surface area contributed by atoms with E-state index in [1.54, 1.807) is 0 Å². The van der Waals surface area contributed by atoms with Crippen molar-refractivity contribution in [1.82, 2.24) is 9.88 Å². The molecule has 0 atom stereocenters. The molecule has 32 heavy (non-hydrogen) atoms. The lowest BCUT2D eigenvalue weighted by molar-refractivity contribution is 0.103. The first-order valence-electron chi connectivity index (χ1n) is 11.7. The second-order valence-corrected chi connectivity index (χ2v) is 10.2. The highest BCUT2D eigenvalue weighted by Gasteiger charge is 2.40. The third-order valence-corrected chi connectivity index (χ3v) is 7.81. The summed E-state index contributed by atoms with van der Waals surface area (Å²) < 4.78 is 0. The SMILES string of the molecule is Cc1cc2c(cc1N1CCN(C3CC3)CC1)C(C)(C)c1[nH]c3cc(C=N)ccc3c1C2=O. The number of rotatable bonds is 3. The summed E-state index contributed by atoms with van der Waals surface area (Å²) in [7, 11) is 0. The van der Waals surface area contributed by atoms with Crippen LogP contribution < -0.4 is 4.90 Å². The summed E-state index contributed by atoms with van der Waals surface area (Å²) in [6, 6.07) is 11.1. The molecule has 1 aliphatic heterocycles. The van der Waals surface area contributed by atoms with E-state index in [-0.39, 0.29) is 11.2 Å². The number of nitrogens with zero attached hydrogens (tertiary/aromatic N) is 2. The molecule has 5 heteroatoms. The fourth-order valence-corrected chi connectivity index (χ4v) is 5.79. The summed E-state index contributed by atoms with van der Waals surface area (Å²) in [5, 5.41) is 8.53. The van der Waals surface area contributed by atoms with Crippen molar-refractivity contribution in [3.8, 4) is 0 Å². The van der Waals surface area contributed by atoms with Crippen molar-refractivity contribution < 1.29 is 4.79 Å². The first-order chi connectivity index (χ1) is 15.4. The van der Waals surface area contributed by atoms with Crippen LogP contribution in [0.3, 0.4) is 0 Å². The molecule has 3 aromatic rings. The van der Waals surface area contributed by atoms with Gasteiger partial charge in [0.1, 0.15) is 0 Å². The minimum atomic E-state index is -0.305. The molecule has 2 aromatic carbocycles. The first-order valence-corrected chi connectivity index (χ1v) is 11.7. The molecule has 0 bridgehead atoms. The summed E-state index contributed by atoms with van der Waals surface area (Å²) in [6.45, 7) is 10.9. The number of carbonyl (C=O) groups is 1. The summed E-state index contributed by atoms with van der Waals surface area (Å²) in [4.78, 5) is 22.4. The minimum absolute atomic E-state index is 0.108. The molecule has 0 radical (unpaired) electrons. The monoisotopic (exact) mass is 426 g/mol. The molecule has 0 amide bonds. The quantitative estimate of drug-likeness (QED) is 0.600. The Hall–Kier alpha value is -2.92. The van der Waals surface area contributed by atoms with Crippen LogP contribution in [0.5, 0.6) is 0 Å². The van der Waals surface area contributed by atoms with Crippen LogP contribution in [0.25, 0.3) is 10.9 Å². The van der Waals surface area contributed by atoms with Crippen molar-refractivity contribution >= 4 is 28.6 Å². The molecular formula is C27H30N4O. The Labute approximate surface area is 188 Å². The van der Waals surface area contributed by atoms with Gasteiger partial charge < -0.3 is 15.3 Å². The Balaban J connectivity index is 1.43. The van der Waals surface area contributed by atoms with Gasteiger partial charge in [0, 0.05) is 71.7 Å².